The summed E-state index contributed by atoms with van der Waals surface area (Å²) in [5, 5.41) is 0.734. The lowest BCUT2D eigenvalue weighted by Crippen LogP contribution is -2.48. The number of rotatable bonds is 3. The van der Waals surface area contributed by atoms with E-state index >= 15 is 0 Å². The van der Waals surface area contributed by atoms with Crippen molar-refractivity contribution in [1.82, 2.24) is 14.5 Å². The van der Waals surface area contributed by atoms with Gasteiger partial charge in [-0.3, -0.25) is 4.79 Å². The van der Waals surface area contributed by atoms with Crippen molar-refractivity contribution in [2.45, 2.75) is 13.8 Å². The number of aromatic nitrogens is 2. The van der Waals surface area contributed by atoms with Gasteiger partial charge in [-0.1, -0.05) is 23.7 Å². The summed E-state index contributed by atoms with van der Waals surface area (Å²) < 4.78 is 2.04. The van der Waals surface area contributed by atoms with E-state index in [1.807, 2.05) is 65.8 Å². The molecule has 1 saturated heterocycles. The smallest absolute Gasteiger partial charge is 0.255 e. The van der Waals surface area contributed by atoms with Crippen LogP contribution in [0.5, 0.6) is 0 Å². The molecule has 6 heteroatoms. The Morgan fingerprint density at radius 3 is 2.46 bits per heavy atom. The lowest BCUT2D eigenvalue weighted by Gasteiger charge is -2.36. The molecule has 1 aromatic carbocycles. The number of anilines is 1. The van der Waals surface area contributed by atoms with Crippen molar-refractivity contribution in [3.05, 3.63) is 76.7 Å². The number of pyridine rings is 1. The standard InChI is InChI=1S/C22H23ClN4O/c1-16-14-20(17(2)27(16)21-8-3-4-9-24-21)22(28)26-12-10-25(11-13-26)19-7-5-6-18(23)15-19/h3-9,14-15H,10-13H2,1-2H3. The third-order valence-electron chi connectivity index (χ3n) is 5.28. The number of aryl methyl sites for hydroxylation is 1. The topological polar surface area (TPSA) is 41.4 Å². The van der Waals surface area contributed by atoms with Crippen LogP contribution in [-0.2, 0) is 0 Å². The number of benzene rings is 1. The molecule has 0 saturated carbocycles. The first-order chi connectivity index (χ1) is 13.5. The maximum Gasteiger partial charge on any atom is 0.255 e. The van der Waals surface area contributed by atoms with E-state index < -0.39 is 0 Å². The number of carbonyl (C=O) groups excluding carboxylic acids is 1. The van der Waals surface area contributed by atoms with Crippen LogP contribution in [0.25, 0.3) is 5.82 Å². The summed E-state index contributed by atoms with van der Waals surface area (Å²) in [6, 6.07) is 15.6. The highest BCUT2D eigenvalue weighted by Crippen LogP contribution is 2.24. The molecule has 0 radical (unpaired) electrons. The van der Waals surface area contributed by atoms with Gasteiger partial charge in [-0.25, -0.2) is 4.98 Å². The van der Waals surface area contributed by atoms with Crippen molar-refractivity contribution in [1.29, 1.82) is 0 Å². The summed E-state index contributed by atoms with van der Waals surface area (Å²) in [6.07, 6.45) is 1.77. The molecular formula is C22H23ClN4O. The zero-order chi connectivity index (χ0) is 19.7. The number of halogens is 1. The fourth-order valence-electron chi connectivity index (χ4n) is 3.83. The molecule has 0 aliphatic carbocycles. The van der Waals surface area contributed by atoms with E-state index in [1.165, 1.54) is 0 Å². The van der Waals surface area contributed by atoms with Gasteiger partial charge in [-0.2, -0.15) is 0 Å². The van der Waals surface area contributed by atoms with E-state index in [-0.39, 0.29) is 5.91 Å². The monoisotopic (exact) mass is 394 g/mol. The number of amides is 1. The predicted molar refractivity (Wildman–Crippen MR) is 113 cm³/mol. The molecule has 2 aromatic heterocycles. The molecule has 1 aliphatic heterocycles. The fourth-order valence-corrected chi connectivity index (χ4v) is 4.01. The van der Waals surface area contributed by atoms with Crippen molar-refractivity contribution in [3.63, 3.8) is 0 Å². The van der Waals surface area contributed by atoms with Crippen LogP contribution in [0.2, 0.25) is 5.02 Å². The molecule has 1 amide bonds. The SMILES string of the molecule is Cc1cc(C(=O)N2CCN(c3cccc(Cl)c3)CC2)c(C)n1-c1ccccn1. The van der Waals surface area contributed by atoms with Gasteiger partial charge in [0.15, 0.2) is 0 Å². The summed E-state index contributed by atoms with van der Waals surface area (Å²) in [6.45, 7) is 6.97. The Hall–Kier alpha value is -2.79. The van der Waals surface area contributed by atoms with Gasteiger partial charge in [-0.05, 0) is 50.2 Å². The van der Waals surface area contributed by atoms with E-state index in [0.29, 0.717) is 13.1 Å². The average Bonchev–Trinajstić information content (AvgIpc) is 3.02. The van der Waals surface area contributed by atoms with Gasteiger partial charge < -0.3 is 14.4 Å². The van der Waals surface area contributed by atoms with E-state index in [0.717, 1.165) is 46.6 Å². The summed E-state index contributed by atoms with van der Waals surface area (Å²) >= 11 is 6.11. The van der Waals surface area contributed by atoms with Gasteiger partial charge in [0.25, 0.3) is 5.91 Å². The highest BCUT2D eigenvalue weighted by molar-refractivity contribution is 6.30. The van der Waals surface area contributed by atoms with Crippen LogP contribution in [0, 0.1) is 13.8 Å². The van der Waals surface area contributed by atoms with Crippen LogP contribution in [0.15, 0.2) is 54.7 Å². The third-order valence-corrected chi connectivity index (χ3v) is 5.52. The summed E-state index contributed by atoms with van der Waals surface area (Å²) in [5.41, 5.74) is 3.79. The van der Waals surface area contributed by atoms with Gasteiger partial charge >= 0.3 is 0 Å². The first-order valence-corrected chi connectivity index (χ1v) is 9.82. The van der Waals surface area contributed by atoms with Crippen LogP contribution in [0.4, 0.5) is 5.69 Å². The second-order valence-electron chi connectivity index (χ2n) is 7.07. The predicted octanol–water partition coefficient (Wildman–Crippen LogP) is 4.10. The van der Waals surface area contributed by atoms with E-state index in [4.69, 9.17) is 11.6 Å². The molecule has 0 bridgehead atoms. The van der Waals surface area contributed by atoms with Gasteiger partial charge in [0.1, 0.15) is 5.82 Å². The number of hydrogen-bond donors (Lipinski definition) is 0. The molecule has 144 valence electrons. The molecule has 4 rings (SSSR count). The van der Waals surface area contributed by atoms with Crippen molar-refractivity contribution >= 4 is 23.2 Å². The maximum atomic E-state index is 13.2. The van der Waals surface area contributed by atoms with Crippen molar-refractivity contribution in [3.8, 4) is 5.82 Å². The molecule has 3 heterocycles. The van der Waals surface area contributed by atoms with Gasteiger partial charge in [0.05, 0.1) is 5.56 Å². The maximum absolute atomic E-state index is 13.2. The zero-order valence-corrected chi connectivity index (χ0v) is 16.9. The van der Waals surface area contributed by atoms with Crippen molar-refractivity contribution in [2.24, 2.45) is 0 Å². The van der Waals surface area contributed by atoms with E-state index in [2.05, 4.69) is 16.0 Å². The quantitative estimate of drug-likeness (QED) is 0.671. The molecule has 0 unspecified atom stereocenters. The minimum absolute atomic E-state index is 0.0843. The lowest BCUT2D eigenvalue weighted by molar-refractivity contribution is 0.0746. The number of nitrogens with zero attached hydrogens (tertiary/aromatic N) is 4. The number of hydrogen-bond acceptors (Lipinski definition) is 3. The second-order valence-corrected chi connectivity index (χ2v) is 7.50. The molecule has 0 atom stereocenters. The molecule has 3 aromatic rings. The minimum Gasteiger partial charge on any atom is -0.368 e. The molecule has 0 N–H and O–H groups in total. The van der Waals surface area contributed by atoms with Crippen molar-refractivity contribution < 1.29 is 4.79 Å². The minimum atomic E-state index is 0.0843. The van der Waals surface area contributed by atoms with E-state index in [9.17, 15) is 4.79 Å². The van der Waals surface area contributed by atoms with Gasteiger partial charge in [0.2, 0.25) is 0 Å². The zero-order valence-electron chi connectivity index (χ0n) is 16.1. The molecule has 0 spiro atoms. The molecule has 1 aliphatic rings. The first kappa shape index (κ1) is 18.6. The summed E-state index contributed by atoms with van der Waals surface area (Å²) in [4.78, 5) is 21.8. The van der Waals surface area contributed by atoms with Crippen LogP contribution in [0.3, 0.4) is 0 Å². The molecule has 5 nitrogen and oxygen atoms in total. The van der Waals surface area contributed by atoms with E-state index in [1.54, 1.807) is 6.20 Å². The first-order valence-electron chi connectivity index (χ1n) is 9.45. The normalized spacial score (nSPS) is 14.4. The summed E-state index contributed by atoms with van der Waals surface area (Å²) in [7, 11) is 0. The number of piperazine rings is 1. The Bertz CT molecular complexity index is 991. The van der Waals surface area contributed by atoms with Crippen LogP contribution < -0.4 is 4.90 Å². The second kappa shape index (κ2) is 7.68. The fraction of sp³-hybridized carbons (Fsp3) is 0.273. The van der Waals surface area contributed by atoms with Crippen molar-refractivity contribution in [2.75, 3.05) is 31.1 Å². The third kappa shape index (κ3) is 3.50. The molecule has 28 heavy (non-hydrogen) atoms. The van der Waals surface area contributed by atoms with Gasteiger partial charge in [0, 0.05) is 54.5 Å². The highest BCUT2D eigenvalue weighted by Gasteiger charge is 2.25. The Balaban J connectivity index is 1.50. The Morgan fingerprint density at radius 2 is 1.79 bits per heavy atom. The molecular weight excluding hydrogens is 372 g/mol. The average molecular weight is 395 g/mol. The number of carbonyl (C=O) groups is 1. The van der Waals surface area contributed by atoms with Gasteiger partial charge in [-0.15, -0.1) is 0 Å². The summed E-state index contributed by atoms with van der Waals surface area (Å²) in [5.74, 6) is 0.920. The van der Waals surface area contributed by atoms with Crippen LogP contribution in [0.1, 0.15) is 21.7 Å². The Kier molecular flexibility index (Phi) is 5.09. The Morgan fingerprint density at radius 1 is 1.00 bits per heavy atom. The lowest BCUT2D eigenvalue weighted by atomic mass is 10.2. The highest BCUT2D eigenvalue weighted by atomic mass is 35.5. The molecule has 1 fully saturated rings. The van der Waals surface area contributed by atoms with Crippen LogP contribution in [-0.4, -0.2) is 46.5 Å². The van der Waals surface area contributed by atoms with Crippen LogP contribution >= 0.6 is 11.6 Å². The Labute approximate surface area is 170 Å². The largest absolute Gasteiger partial charge is 0.368 e.